The predicted octanol–water partition coefficient (Wildman–Crippen LogP) is 1.94. The molecule has 0 spiro atoms. The molecule has 108 valence electrons. The molecule has 2 rings (SSSR count). The Morgan fingerprint density at radius 1 is 1.16 bits per heavy atom. The molecule has 2 aliphatic carbocycles. The molecule has 0 aromatic heterocycles. The van der Waals surface area contributed by atoms with Crippen molar-refractivity contribution in [1.29, 1.82) is 0 Å². The second-order valence-corrected chi connectivity index (χ2v) is 5.42. The number of hydrogen-bond donors (Lipinski definition) is 2. The van der Waals surface area contributed by atoms with Gasteiger partial charge in [0.1, 0.15) is 6.04 Å². The summed E-state index contributed by atoms with van der Waals surface area (Å²) < 4.78 is 36.7. The highest BCUT2D eigenvalue weighted by molar-refractivity contribution is 5.85. The Bertz CT molecular complexity index is 363. The molecule has 0 saturated heterocycles. The molecule has 0 aromatic rings. The fraction of sp³-hybridized carbons (Fsp3) is 0.833. The van der Waals surface area contributed by atoms with Crippen LogP contribution in [0.4, 0.5) is 13.2 Å². The third-order valence-corrected chi connectivity index (χ3v) is 3.61. The van der Waals surface area contributed by atoms with Crippen LogP contribution < -0.4 is 5.32 Å². The lowest BCUT2D eigenvalue weighted by atomic mass is 9.96. The van der Waals surface area contributed by atoms with Crippen molar-refractivity contribution in [1.82, 2.24) is 5.32 Å². The van der Waals surface area contributed by atoms with Gasteiger partial charge in [-0.2, -0.15) is 13.2 Å². The van der Waals surface area contributed by atoms with Crippen LogP contribution in [0.3, 0.4) is 0 Å². The molecule has 1 amide bonds. The summed E-state index contributed by atoms with van der Waals surface area (Å²) in [6, 6.07) is -1.88. The highest BCUT2D eigenvalue weighted by Gasteiger charge is 2.47. The smallest absolute Gasteiger partial charge is 0.391 e. The average molecular weight is 279 g/mol. The summed E-state index contributed by atoms with van der Waals surface area (Å²) in [5.41, 5.74) is 0. The lowest BCUT2D eigenvalue weighted by Crippen LogP contribution is -2.46. The van der Waals surface area contributed by atoms with E-state index >= 15 is 0 Å². The predicted molar refractivity (Wildman–Crippen MR) is 59.2 cm³/mol. The van der Waals surface area contributed by atoms with Crippen LogP contribution in [0.5, 0.6) is 0 Å². The molecule has 2 N–H and O–H groups in total. The van der Waals surface area contributed by atoms with E-state index in [-0.39, 0.29) is 17.8 Å². The van der Waals surface area contributed by atoms with E-state index in [2.05, 4.69) is 5.32 Å². The third-order valence-electron chi connectivity index (χ3n) is 3.61. The van der Waals surface area contributed by atoms with E-state index in [1.54, 1.807) is 0 Å². The molecule has 4 nitrogen and oxygen atoms in total. The lowest BCUT2D eigenvalue weighted by molar-refractivity contribution is -0.160. The van der Waals surface area contributed by atoms with Crippen LogP contribution in [0.2, 0.25) is 0 Å². The summed E-state index contributed by atoms with van der Waals surface area (Å²) in [6.07, 6.45) is -2.50. The van der Waals surface area contributed by atoms with Gasteiger partial charge in [-0.1, -0.05) is 0 Å². The maximum absolute atomic E-state index is 12.2. The van der Waals surface area contributed by atoms with E-state index in [1.807, 2.05) is 0 Å². The zero-order valence-corrected chi connectivity index (χ0v) is 10.2. The van der Waals surface area contributed by atoms with Crippen molar-refractivity contribution < 1.29 is 27.9 Å². The van der Waals surface area contributed by atoms with Crippen LogP contribution >= 0.6 is 0 Å². The van der Waals surface area contributed by atoms with Crippen LogP contribution in [0, 0.1) is 17.8 Å². The zero-order valence-electron chi connectivity index (χ0n) is 10.2. The number of halogens is 3. The number of carboxylic acids is 1. The van der Waals surface area contributed by atoms with Gasteiger partial charge in [0, 0.05) is 5.92 Å². The number of alkyl halides is 3. The molecule has 0 bridgehead atoms. The van der Waals surface area contributed by atoms with Gasteiger partial charge in [-0.25, -0.2) is 4.79 Å². The van der Waals surface area contributed by atoms with Gasteiger partial charge in [-0.05, 0) is 37.5 Å². The van der Waals surface area contributed by atoms with Crippen molar-refractivity contribution in [3.63, 3.8) is 0 Å². The van der Waals surface area contributed by atoms with E-state index in [0.29, 0.717) is 0 Å². The molecular formula is C12H16F3NO3. The molecule has 0 heterocycles. The standard InChI is InChI=1S/C12H16F3NO3/c13-12(14,15)5-8(11(18)19)16-10(17)9(6-1-2-6)7-3-4-7/h6-9H,1-5H2,(H,16,17)(H,18,19). The molecule has 0 radical (unpaired) electrons. The molecule has 0 aromatic carbocycles. The number of carbonyl (C=O) groups is 2. The summed E-state index contributed by atoms with van der Waals surface area (Å²) in [5.74, 6) is -2.01. The number of hydrogen-bond acceptors (Lipinski definition) is 2. The summed E-state index contributed by atoms with van der Waals surface area (Å²) in [6.45, 7) is 0. The highest BCUT2D eigenvalue weighted by Crippen LogP contribution is 2.49. The second-order valence-electron chi connectivity index (χ2n) is 5.42. The van der Waals surface area contributed by atoms with Gasteiger partial charge in [0.25, 0.3) is 0 Å². The van der Waals surface area contributed by atoms with Gasteiger partial charge in [0.15, 0.2) is 0 Å². The topological polar surface area (TPSA) is 66.4 Å². The molecule has 2 fully saturated rings. The van der Waals surface area contributed by atoms with Crippen LogP contribution in [-0.2, 0) is 9.59 Å². The van der Waals surface area contributed by atoms with E-state index in [4.69, 9.17) is 5.11 Å². The number of aliphatic carboxylic acids is 1. The molecule has 7 heteroatoms. The van der Waals surface area contributed by atoms with Crippen LogP contribution in [0.1, 0.15) is 32.1 Å². The lowest BCUT2D eigenvalue weighted by Gasteiger charge is -2.20. The normalized spacial score (nSPS) is 21.3. The molecular weight excluding hydrogens is 263 g/mol. The quantitative estimate of drug-likeness (QED) is 0.781. The first-order valence-corrected chi connectivity index (χ1v) is 6.38. The molecule has 2 saturated carbocycles. The first-order chi connectivity index (χ1) is 8.78. The maximum Gasteiger partial charge on any atom is 0.391 e. The number of carbonyl (C=O) groups excluding carboxylic acids is 1. The van der Waals surface area contributed by atoms with Crippen LogP contribution in [0.15, 0.2) is 0 Å². The van der Waals surface area contributed by atoms with Crippen molar-refractivity contribution in [3.8, 4) is 0 Å². The van der Waals surface area contributed by atoms with Crippen molar-refractivity contribution >= 4 is 11.9 Å². The van der Waals surface area contributed by atoms with Crippen LogP contribution in [0.25, 0.3) is 0 Å². The summed E-state index contributed by atoms with van der Waals surface area (Å²) >= 11 is 0. The molecule has 19 heavy (non-hydrogen) atoms. The van der Waals surface area contributed by atoms with Gasteiger partial charge in [-0.15, -0.1) is 0 Å². The highest BCUT2D eigenvalue weighted by atomic mass is 19.4. The number of amides is 1. The summed E-state index contributed by atoms with van der Waals surface area (Å²) in [4.78, 5) is 22.8. The maximum atomic E-state index is 12.2. The third kappa shape index (κ3) is 4.11. The van der Waals surface area contributed by atoms with Crippen LogP contribution in [-0.4, -0.2) is 29.2 Å². The molecule has 1 atom stereocenters. The Balaban J connectivity index is 1.95. The van der Waals surface area contributed by atoms with E-state index in [9.17, 15) is 22.8 Å². The monoisotopic (exact) mass is 279 g/mol. The van der Waals surface area contributed by atoms with Crippen molar-refractivity contribution in [2.45, 2.75) is 44.3 Å². The SMILES string of the molecule is O=C(O)C(CC(F)(F)F)NC(=O)C(C1CC1)C1CC1. The van der Waals surface area contributed by atoms with Gasteiger partial charge >= 0.3 is 12.1 Å². The Morgan fingerprint density at radius 3 is 1.95 bits per heavy atom. The first-order valence-electron chi connectivity index (χ1n) is 6.38. The summed E-state index contributed by atoms with van der Waals surface area (Å²) in [5, 5.41) is 10.8. The average Bonchev–Trinajstić information content (AvgIpc) is 3.08. The fourth-order valence-electron chi connectivity index (χ4n) is 2.42. The molecule has 2 aliphatic rings. The summed E-state index contributed by atoms with van der Waals surface area (Å²) in [7, 11) is 0. The molecule has 1 unspecified atom stereocenters. The second kappa shape index (κ2) is 5.02. The Morgan fingerprint density at radius 2 is 1.63 bits per heavy atom. The van der Waals surface area contributed by atoms with Gasteiger partial charge in [-0.3, -0.25) is 4.79 Å². The Kier molecular flexibility index (Phi) is 3.73. The van der Waals surface area contributed by atoms with E-state index < -0.39 is 30.5 Å². The van der Waals surface area contributed by atoms with Crippen molar-refractivity contribution in [2.24, 2.45) is 17.8 Å². The van der Waals surface area contributed by atoms with Gasteiger partial charge in [0.2, 0.25) is 5.91 Å². The number of nitrogens with one attached hydrogen (secondary N) is 1. The number of rotatable bonds is 6. The minimum Gasteiger partial charge on any atom is -0.480 e. The molecule has 0 aliphatic heterocycles. The van der Waals surface area contributed by atoms with E-state index in [0.717, 1.165) is 25.7 Å². The minimum atomic E-state index is -4.61. The van der Waals surface area contributed by atoms with Gasteiger partial charge < -0.3 is 10.4 Å². The van der Waals surface area contributed by atoms with E-state index in [1.165, 1.54) is 0 Å². The zero-order chi connectivity index (χ0) is 14.2. The Labute approximate surface area is 108 Å². The number of carboxylic acid groups (broad SMARTS) is 1. The first kappa shape index (κ1) is 14.1. The van der Waals surface area contributed by atoms with Crippen molar-refractivity contribution in [3.05, 3.63) is 0 Å². The largest absolute Gasteiger partial charge is 0.480 e. The van der Waals surface area contributed by atoms with Gasteiger partial charge in [0.05, 0.1) is 6.42 Å². The fourth-order valence-corrected chi connectivity index (χ4v) is 2.42. The Hall–Kier alpha value is -1.27. The minimum absolute atomic E-state index is 0.229. The van der Waals surface area contributed by atoms with Crippen molar-refractivity contribution in [2.75, 3.05) is 0 Å².